The molecule has 2 N–H and O–H groups in total. The molecule has 1 aliphatic rings. The van der Waals surface area contributed by atoms with E-state index in [-0.39, 0.29) is 10.5 Å². The third-order valence-corrected chi connectivity index (χ3v) is 5.73. The van der Waals surface area contributed by atoms with Crippen LogP contribution < -0.4 is 10.5 Å². The summed E-state index contributed by atoms with van der Waals surface area (Å²) in [5, 5.41) is 21.5. The van der Waals surface area contributed by atoms with Crippen molar-refractivity contribution in [1.29, 1.82) is 5.26 Å². The number of nitriles is 1. The summed E-state index contributed by atoms with van der Waals surface area (Å²) in [5.74, 6) is -0.0704. The number of thioether (sulfide) groups is 1. The summed E-state index contributed by atoms with van der Waals surface area (Å²) in [6, 6.07) is 17.3. The van der Waals surface area contributed by atoms with Crippen molar-refractivity contribution in [1.82, 2.24) is 0 Å². The van der Waals surface area contributed by atoms with Gasteiger partial charge in [0.25, 0.3) is 0 Å². The zero-order valence-corrected chi connectivity index (χ0v) is 14.8. The van der Waals surface area contributed by atoms with Gasteiger partial charge < -0.3 is 10.5 Å². The second-order valence-corrected chi connectivity index (χ2v) is 7.05. The predicted molar refractivity (Wildman–Crippen MR) is 100 cm³/mol. The summed E-state index contributed by atoms with van der Waals surface area (Å²) in [6.07, 6.45) is 0. The highest BCUT2D eigenvalue weighted by molar-refractivity contribution is 8.03. The Morgan fingerprint density at radius 3 is 2.35 bits per heavy atom. The molecular formula is C19H17N3O3S. The Hall–Kier alpha value is -2.98. The van der Waals surface area contributed by atoms with E-state index in [1.54, 1.807) is 31.4 Å². The molecule has 2 aromatic carbocycles. The number of nitro groups is 1. The molecule has 7 heteroatoms. The van der Waals surface area contributed by atoms with Gasteiger partial charge in [-0.25, -0.2) is 0 Å². The van der Waals surface area contributed by atoms with Crippen molar-refractivity contribution in [3.8, 4) is 11.8 Å². The lowest BCUT2D eigenvalue weighted by Gasteiger charge is -2.32. The molecule has 0 bridgehead atoms. The second-order valence-electron chi connectivity index (χ2n) is 5.87. The number of nitrogens with two attached hydrogens (primary N) is 1. The summed E-state index contributed by atoms with van der Waals surface area (Å²) in [4.78, 5) is 11.7. The average molecular weight is 367 g/mol. The monoisotopic (exact) mass is 367 g/mol. The smallest absolute Gasteiger partial charge is 0.240 e. The fraction of sp³-hybridized carbons (Fsp3) is 0.211. The molecule has 1 heterocycles. The molecule has 132 valence electrons. The molecule has 3 atom stereocenters. The number of methoxy groups -OCH3 is 1. The molecule has 0 fully saturated rings. The van der Waals surface area contributed by atoms with Gasteiger partial charge in [-0.3, -0.25) is 10.1 Å². The summed E-state index contributed by atoms with van der Waals surface area (Å²) in [6.45, 7) is 0. The molecule has 0 aliphatic carbocycles. The molecule has 0 aromatic heterocycles. The summed E-state index contributed by atoms with van der Waals surface area (Å²) >= 11 is 1.18. The molecule has 2 aromatic rings. The van der Waals surface area contributed by atoms with E-state index < -0.39 is 17.2 Å². The van der Waals surface area contributed by atoms with Crippen LogP contribution in [0.1, 0.15) is 22.3 Å². The van der Waals surface area contributed by atoms with Crippen LogP contribution in [0.2, 0.25) is 0 Å². The molecule has 0 saturated carbocycles. The fourth-order valence-electron chi connectivity index (χ4n) is 3.21. The third-order valence-electron chi connectivity index (χ3n) is 4.45. The van der Waals surface area contributed by atoms with Crippen LogP contribution in [0, 0.1) is 21.4 Å². The van der Waals surface area contributed by atoms with Crippen molar-refractivity contribution < 1.29 is 9.66 Å². The Labute approximate surface area is 155 Å². The first-order valence-corrected chi connectivity index (χ1v) is 8.83. The van der Waals surface area contributed by atoms with Crippen LogP contribution in [0.15, 0.2) is 65.2 Å². The highest BCUT2D eigenvalue weighted by Gasteiger charge is 2.48. The molecule has 26 heavy (non-hydrogen) atoms. The van der Waals surface area contributed by atoms with E-state index in [1.807, 2.05) is 30.3 Å². The van der Waals surface area contributed by atoms with Gasteiger partial charge in [0.1, 0.15) is 11.0 Å². The first-order chi connectivity index (χ1) is 12.6. The van der Waals surface area contributed by atoms with Gasteiger partial charge in [-0.2, -0.15) is 5.26 Å². The van der Waals surface area contributed by atoms with Crippen molar-refractivity contribution in [2.75, 3.05) is 7.11 Å². The topological polar surface area (TPSA) is 102 Å². The summed E-state index contributed by atoms with van der Waals surface area (Å²) in [5.41, 5.74) is 7.87. The van der Waals surface area contributed by atoms with Crippen molar-refractivity contribution in [2.45, 2.75) is 17.2 Å². The molecule has 0 spiro atoms. The Balaban J connectivity index is 2.14. The van der Waals surface area contributed by atoms with Crippen molar-refractivity contribution in [2.24, 2.45) is 5.73 Å². The van der Waals surface area contributed by atoms with E-state index in [2.05, 4.69) is 6.07 Å². The van der Waals surface area contributed by atoms with Gasteiger partial charge in [-0.1, -0.05) is 54.2 Å². The van der Waals surface area contributed by atoms with Crippen LogP contribution in [0.4, 0.5) is 0 Å². The first-order valence-electron chi connectivity index (χ1n) is 7.95. The highest BCUT2D eigenvalue weighted by Crippen LogP contribution is 2.50. The zero-order valence-electron chi connectivity index (χ0n) is 14.0. The minimum Gasteiger partial charge on any atom is -0.497 e. The van der Waals surface area contributed by atoms with Gasteiger partial charge in [-0.15, -0.1) is 0 Å². The number of hydrogen-bond donors (Lipinski definition) is 1. The molecule has 1 aliphatic heterocycles. The van der Waals surface area contributed by atoms with Crippen LogP contribution in [0.3, 0.4) is 0 Å². The van der Waals surface area contributed by atoms with Gasteiger partial charge in [0, 0.05) is 4.92 Å². The molecule has 0 saturated heterocycles. The highest BCUT2D eigenvalue weighted by atomic mass is 32.2. The van der Waals surface area contributed by atoms with Crippen LogP contribution >= 0.6 is 11.8 Å². The van der Waals surface area contributed by atoms with Gasteiger partial charge in [0.05, 0.1) is 29.7 Å². The quantitative estimate of drug-likeness (QED) is 0.654. The molecule has 0 radical (unpaired) electrons. The molecule has 0 amide bonds. The maximum absolute atomic E-state index is 12.0. The van der Waals surface area contributed by atoms with Gasteiger partial charge in [-0.05, 0) is 23.3 Å². The van der Waals surface area contributed by atoms with Crippen LogP contribution in [0.5, 0.6) is 5.75 Å². The fourth-order valence-corrected chi connectivity index (χ4v) is 4.47. The lowest BCUT2D eigenvalue weighted by atomic mass is 9.82. The Kier molecular flexibility index (Phi) is 5.14. The Bertz CT molecular complexity index is 875. The number of ether oxygens (including phenoxy) is 1. The molecule has 6 nitrogen and oxygen atoms in total. The lowest BCUT2D eigenvalue weighted by Crippen LogP contribution is -2.37. The van der Waals surface area contributed by atoms with Crippen molar-refractivity contribution >= 4 is 11.8 Å². The number of rotatable bonds is 4. The van der Waals surface area contributed by atoms with Crippen molar-refractivity contribution in [3.63, 3.8) is 0 Å². The third kappa shape index (κ3) is 3.24. The van der Waals surface area contributed by atoms with E-state index in [0.717, 1.165) is 5.56 Å². The maximum atomic E-state index is 12.0. The zero-order chi connectivity index (χ0) is 18.7. The van der Waals surface area contributed by atoms with Gasteiger partial charge >= 0.3 is 0 Å². The molecule has 0 unspecified atom stereocenters. The largest absolute Gasteiger partial charge is 0.497 e. The maximum Gasteiger partial charge on any atom is 0.240 e. The van der Waals surface area contributed by atoms with E-state index in [0.29, 0.717) is 16.3 Å². The van der Waals surface area contributed by atoms with Crippen LogP contribution in [-0.2, 0) is 0 Å². The van der Waals surface area contributed by atoms with Crippen LogP contribution in [-0.4, -0.2) is 18.1 Å². The SMILES string of the molecule is COc1ccc([C@H]2C(C#N)=C(N)S[C@H](c3ccccc3)[C@H]2[N+](=O)[O-])cc1. The average Bonchev–Trinajstić information content (AvgIpc) is 2.67. The van der Waals surface area contributed by atoms with E-state index >= 15 is 0 Å². The standard InChI is InChI=1S/C19H17N3O3S/c1-25-14-9-7-12(8-10-14)16-15(11-20)19(21)26-18(17(16)22(23)24)13-5-3-2-4-6-13/h2-10,16-18H,21H2,1H3/t16-,17-,18+/m0/s1. The lowest BCUT2D eigenvalue weighted by molar-refractivity contribution is -0.525. The number of hydrogen-bond acceptors (Lipinski definition) is 6. The number of benzene rings is 2. The van der Waals surface area contributed by atoms with Gasteiger partial charge in [0.2, 0.25) is 6.04 Å². The van der Waals surface area contributed by atoms with E-state index in [4.69, 9.17) is 10.5 Å². The Morgan fingerprint density at radius 2 is 1.81 bits per heavy atom. The van der Waals surface area contributed by atoms with E-state index in [1.165, 1.54) is 11.8 Å². The predicted octanol–water partition coefficient (Wildman–Crippen LogP) is 3.61. The Morgan fingerprint density at radius 1 is 1.15 bits per heavy atom. The summed E-state index contributed by atoms with van der Waals surface area (Å²) in [7, 11) is 1.55. The minimum atomic E-state index is -1.00. The first kappa shape index (κ1) is 17.8. The normalized spacial score (nSPS) is 22.5. The second kappa shape index (κ2) is 7.50. The minimum absolute atomic E-state index is 0.244. The van der Waals surface area contributed by atoms with Gasteiger partial charge in [0.15, 0.2) is 0 Å². The van der Waals surface area contributed by atoms with Crippen LogP contribution in [0.25, 0.3) is 0 Å². The molecule has 3 rings (SSSR count). The van der Waals surface area contributed by atoms with E-state index in [9.17, 15) is 15.4 Å². The molecular weight excluding hydrogens is 350 g/mol. The van der Waals surface area contributed by atoms with Crippen molar-refractivity contribution in [3.05, 3.63) is 86.4 Å². The summed E-state index contributed by atoms with van der Waals surface area (Å²) < 4.78 is 5.16. The number of nitrogens with zero attached hydrogens (tertiary/aromatic N) is 2.